The van der Waals surface area contributed by atoms with E-state index >= 15 is 0 Å². The van der Waals surface area contributed by atoms with Gasteiger partial charge in [0.05, 0.1) is 22.5 Å². The molecule has 28 heavy (non-hydrogen) atoms. The van der Waals surface area contributed by atoms with Crippen LogP contribution in [0.25, 0.3) is 11.3 Å². The van der Waals surface area contributed by atoms with Crippen molar-refractivity contribution in [1.29, 1.82) is 0 Å². The van der Waals surface area contributed by atoms with Crippen molar-refractivity contribution in [3.8, 4) is 11.3 Å². The first-order valence-electron chi connectivity index (χ1n) is 8.98. The number of carbonyl (C=O) groups excluding carboxylic acids is 1. The second-order valence-corrected chi connectivity index (χ2v) is 8.23. The molecule has 3 aromatic rings. The van der Waals surface area contributed by atoms with Gasteiger partial charge in [-0.3, -0.25) is 14.5 Å². The molecule has 1 aromatic heterocycles. The van der Waals surface area contributed by atoms with Crippen LogP contribution in [0, 0.1) is 0 Å². The summed E-state index contributed by atoms with van der Waals surface area (Å²) in [6.45, 7) is 0.669. The van der Waals surface area contributed by atoms with Gasteiger partial charge in [-0.05, 0) is 42.8 Å². The highest BCUT2D eigenvalue weighted by Crippen LogP contribution is 2.24. The Morgan fingerprint density at radius 2 is 1.68 bits per heavy atom. The molecule has 7 heteroatoms. The number of aromatic nitrogens is 1. The molecule has 1 aliphatic rings. The van der Waals surface area contributed by atoms with Crippen molar-refractivity contribution < 1.29 is 13.2 Å². The highest BCUT2D eigenvalue weighted by Gasteiger charge is 2.22. The lowest BCUT2D eigenvalue weighted by Gasteiger charge is -2.16. The normalized spacial score (nSPS) is 14.3. The summed E-state index contributed by atoms with van der Waals surface area (Å²) in [5.74, 6) is 0.0679. The number of hydrogen-bond donors (Lipinski definition) is 1. The van der Waals surface area contributed by atoms with Crippen LogP contribution < -0.4 is 9.62 Å². The van der Waals surface area contributed by atoms with Crippen molar-refractivity contribution in [2.24, 2.45) is 0 Å². The number of rotatable bonds is 5. The van der Waals surface area contributed by atoms with Gasteiger partial charge in [-0.25, -0.2) is 8.42 Å². The predicted molar refractivity (Wildman–Crippen MR) is 109 cm³/mol. The van der Waals surface area contributed by atoms with Crippen LogP contribution in [-0.2, 0) is 14.8 Å². The number of nitrogens with one attached hydrogen (secondary N) is 1. The summed E-state index contributed by atoms with van der Waals surface area (Å²) in [6.07, 6.45) is 2.86. The zero-order valence-electron chi connectivity index (χ0n) is 15.1. The van der Waals surface area contributed by atoms with E-state index in [0.29, 0.717) is 18.7 Å². The average molecular weight is 393 g/mol. The van der Waals surface area contributed by atoms with Gasteiger partial charge in [0.15, 0.2) is 0 Å². The smallest absolute Gasteiger partial charge is 0.261 e. The molecule has 1 aliphatic heterocycles. The fraction of sp³-hybridized carbons (Fsp3) is 0.143. The van der Waals surface area contributed by atoms with E-state index in [1.807, 2.05) is 30.3 Å². The number of benzene rings is 2. The van der Waals surface area contributed by atoms with Gasteiger partial charge < -0.3 is 4.90 Å². The van der Waals surface area contributed by atoms with Crippen molar-refractivity contribution >= 4 is 27.3 Å². The highest BCUT2D eigenvalue weighted by molar-refractivity contribution is 7.92. The minimum atomic E-state index is -3.74. The van der Waals surface area contributed by atoms with Crippen LogP contribution >= 0.6 is 0 Å². The average Bonchev–Trinajstić information content (AvgIpc) is 3.15. The lowest BCUT2D eigenvalue weighted by Crippen LogP contribution is -2.23. The second-order valence-electron chi connectivity index (χ2n) is 6.55. The monoisotopic (exact) mass is 393 g/mol. The van der Waals surface area contributed by atoms with Crippen LogP contribution in [0.4, 0.5) is 11.4 Å². The van der Waals surface area contributed by atoms with Gasteiger partial charge in [0.2, 0.25) is 5.91 Å². The molecule has 4 rings (SSSR count). The fourth-order valence-electron chi connectivity index (χ4n) is 3.17. The molecule has 142 valence electrons. The number of pyridine rings is 1. The van der Waals surface area contributed by atoms with Gasteiger partial charge in [-0.2, -0.15) is 0 Å². The Bertz CT molecular complexity index is 1080. The van der Waals surface area contributed by atoms with Crippen LogP contribution in [0.3, 0.4) is 0 Å². The molecule has 0 radical (unpaired) electrons. The Labute approximate surface area is 163 Å². The van der Waals surface area contributed by atoms with Crippen LogP contribution in [0.15, 0.2) is 77.8 Å². The Balaban J connectivity index is 1.50. The van der Waals surface area contributed by atoms with E-state index < -0.39 is 10.0 Å². The molecule has 0 spiro atoms. The number of carbonyl (C=O) groups is 1. The molecular formula is C21H19N3O3S. The molecule has 0 bridgehead atoms. The van der Waals surface area contributed by atoms with Crippen molar-refractivity contribution in [2.75, 3.05) is 16.2 Å². The Morgan fingerprint density at radius 1 is 0.929 bits per heavy atom. The summed E-state index contributed by atoms with van der Waals surface area (Å²) in [7, 11) is -3.74. The predicted octanol–water partition coefficient (Wildman–Crippen LogP) is 3.68. The lowest BCUT2D eigenvalue weighted by atomic mass is 10.1. The summed E-state index contributed by atoms with van der Waals surface area (Å²) in [5.41, 5.74) is 2.83. The van der Waals surface area contributed by atoms with Crippen LogP contribution in [0.1, 0.15) is 12.8 Å². The zero-order valence-corrected chi connectivity index (χ0v) is 15.9. The van der Waals surface area contributed by atoms with Gasteiger partial charge in [-0.1, -0.05) is 30.3 Å². The van der Waals surface area contributed by atoms with E-state index in [4.69, 9.17) is 0 Å². The molecular weight excluding hydrogens is 374 g/mol. The number of anilines is 2. The summed E-state index contributed by atoms with van der Waals surface area (Å²) in [4.78, 5) is 18.0. The second kappa shape index (κ2) is 7.44. The van der Waals surface area contributed by atoms with E-state index in [1.54, 1.807) is 29.2 Å². The summed E-state index contributed by atoms with van der Waals surface area (Å²) in [6, 6.07) is 19.5. The molecule has 2 heterocycles. The topological polar surface area (TPSA) is 79.4 Å². The van der Waals surface area contributed by atoms with E-state index in [9.17, 15) is 13.2 Å². The maximum absolute atomic E-state index is 12.6. The van der Waals surface area contributed by atoms with Gasteiger partial charge in [0, 0.05) is 24.2 Å². The van der Waals surface area contributed by atoms with E-state index in [-0.39, 0.29) is 10.8 Å². The molecule has 0 saturated carbocycles. The van der Waals surface area contributed by atoms with E-state index in [1.165, 1.54) is 18.3 Å². The van der Waals surface area contributed by atoms with Gasteiger partial charge in [-0.15, -0.1) is 0 Å². The molecule has 6 nitrogen and oxygen atoms in total. The number of amides is 1. The fourth-order valence-corrected chi connectivity index (χ4v) is 4.22. The highest BCUT2D eigenvalue weighted by atomic mass is 32.2. The van der Waals surface area contributed by atoms with E-state index in [0.717, 1.165) is 23.4 Å². The Kier molecular flexibility index (Phi) is 4.83. The molecule has 1 N–H and O–H groups in total. The van der Waals surface area contributed by atoms with E-state index in [2.05, 4.69) is 9.71 Å². The van der Waals surface area contributed by atoms with Gasteiger partial charge >= 0.3 is 0 Å². The lowest BCUT2D eigenvalue weighted by molar-refractivity contribution is -0.117. The largest absolute Gasteiger partial charge is 0.312 e. The minimum absolute atomic E-state index is 0.0679. The third-order valence-corrected chi connectivity index (χ3v) is 6.01. The maximum atomic E-state index is 12.6. The maximum Gasteiger partial charge on any atom is 0.261 e. The number of nitrogens with zero attached hydrogens (tertiary/aromatic N) is 2. The van der Waals surface area contributed by atoms with Crippen LogP contribution in [-0.4, -0.2) is 25.9 Å². The zero-order chi connectivity index (χ0) is 19.6. The molecule has 2 aromatic carbocycles. The third kappa shape index (κ3) is 3.75. The first-order chi connectivity index (χ1) is 13.5. The van der Waals surface area contributed by atoms with Crippen molar-refractivity contribution in [3.05, 3.63) is 72.9 Å². The van der Waals surface area contributed by atoms with Crippen LogP contribution in [0.2, 0.25) is 0 Å². The summed E-state index contributed by atoms with van der Waals surface area (Å²) < 4.78 is 27.8. The third-order valence-electron chi connectivity index (χ3n) is 4.62. The quantitative estimate of drug-likeness (QED) is 0.717. The first kappa shape index (κ1) is 18.2. The van der Waals surface area contributed by atoms with Crippen LogP contribution in [0.5, 0.6) is 0 Å². The Morgan fingerprint density at radius 3 is 2.29 bits per heavy atom. The molecule has 0 aliphatic carbocycles. The van der Waals surface area contributed by atoms with Crippen molar-refractivity contribution in [3.63, 3.8) is 0 Å². The minimum Gasteiger partial charge on any atom is -0.312 e. The number of sulfonamides is 1. The van der Waals surface area contributed by atoms with Crippen molar-refractivity contribution in [2.45, 2.75) is 17.7 Å². The molecule has 0 unspecified atom stereocenters. The van der Waals surface area contributed by atoms with Gasteiger partial charge in [0.25, 0.3) is 10.0 Å². The Hall–Kier alpha value is -3.19. The molecule has 1 fully saturated rings. The SMILES string of the molecule is O=C1CCCN1c1ccc(S(=O)(=O)Nc2ccc(-c3ccccc3)nc2)cc1. The first-order valence-corrected chi connectivity index (χ1v) is 10.5. The van der Waals surface area contributed by atoms with Crippen molar-refractivity contribution in [1.82, 2.24) is 4.98 Å². The molecule has 1 saturated heterocycles. The number of hydrogen-bond acceptors (Lipinski definition) is 4. The molecule has 0 atom stereocenters. The summed E-state index contributed by atoms with van der Waals surface area (Å²) in [5, 5.41) is 0. The summed E-state index contributed by atoms with van der Waals surface area (Å²) >= 11 is 0. The van der Waals surface area contributed by atoms with Gasteiger partial charge in [0.1, 0.15) is 0 Å². The molecule has 1 amide bonds. The standard InChI is InChI=1S/C21H19N3O3S/c25-21-7-4-14-24(21)18-9-11-19(12-10-18)28(26,27)23-17-8-13-20(22-15-17)16-5-2-1-3-6-16/h1-3,5-6,8-13,15,23H,4,7,14H2.